The van der Waals surface area contributed by atoms with E-state index in [0.717, 1.165) is 22.7 Å². The molecule has 3 heteroatoms. The SMILES string of the molecule is COc1ccccc1-c1cc(SC)cc(C)n1. The molecule has 2 rings (SSSR count). The number of aryl methyl sites for hydroxylation is 1. The molecule has 0 aliphatic carbocycles. The summed E-state index contributed by atoms with van der Waals surface area (Å²) in [6.07, 6.45) is 2.07. The maximum Gasteiger partial charge on any atom is 0.128 e. The molecule has 0 spiro atoms. The Kier molecular flexibility index (Phi) is 3.69. The summed E-state index contributed by atoms with van der Waals surface area (Å²) in [4.78, 5) is 5.79. The standard InChI is InChI=1S/C14H15NOS/c1-10-8-11(17-3)9-13(15-10)12-6-4-5-7-14(12)16-2/h4-9H,1-3H3. The monoisotopic (exact) mass is 245 g/mol. The Balaban J connectivity index is 2.55. The number of benzene rings is 1. The van der Waals surface area contributed by atoms with E-state index in [9.17, 15) is 0 Å². The second-order valence-corrected chi connectivity index (χ2v) is 4.61. The highest BCUT2D eigenvalue weighted by Gasteiger charge is 2.07. The number of methoxy groups -OCH3 is 1. The van der Waals surface area contributed by atoms with Crippen molar-refractivity contribution in [3.8, 4) is 17.0 Å². The van der Waals surface area contributed by atoms with Crippen molar-refractivity contribution in [3.05, 3.63) is 42.1 Å². The highest BCUT2D eigenvalue weighted by atomic mass is 32.2. The highest BCUT2D eigenvalue weighted by molar-refractivity contribution is 7.98. The molecule has 0 radical (unpaired) electrons. The zero-order valence-corrected chi connectivity index (χ0v) is 11.0. The van der Waals surface area contributed by atoms with Gasteiger partial charge in [-0.1, -0.05) is 12.1 Å². The molecule has 1 aromatic carbocycles. The van der Waals surface area contributed by atoms with Crippen LogP contribution in [0.5, 0.6) is 5.75 Å². The molecule has 0 atom stereocenters. The van der Waals surface area contributed by atoms with Gasteiger partial charge in [0.05, 0.1) is 12.8 Å². The molecule has 0 amide bonds. The molecule has 0 aliphatic heterocycles. The minimum absolute atomic E-state index is 0.859. The first-order valence-corrected chi connectivity index (χ1v) is 6.63. The molecule has 2 aromatic rings. The van der Waals surface area contributed by atoms with Gasteiger partial charge in [0.25, 0.3) is 0 Å². The molecule has 0 bridgehead atoms. The van der Waals surface area contributed by atoms with Gasteiger partial charge in [-0.3, -0.25) is 4.98 Å². The van der Waals surface area contributed by atoms with Gasteiger partial charge in [0.15, 0.2) is 0 Å². The predicted molar refractivity (Wildman–Crippen MR) is 72.7 cm³/mol. The Bertz CT molecular complexity index is 525. The lowest BCUT2D eigenvalue weighted by Gasteiger charge is -2.09. The summed E-state index contributed by atoms with van der Waals surface area (Å²) in [6, 6.07) is 12.1. The van der Waals surface area contributed by atoms with Crippen LogP contribution in [-0.4, -0.2) is 18.3 Å². The maximum atomic E-state index is 5.37. The molecule has 2 nitrogen and oxygen atoms in total. The Morgan fingerprint density at radius 3 is 2.65 bits per heavy atom. The number of rotatable bonds is 3. The van der Waals surface area contributed by atoms with Crippen LogP contribution < -0.4 is 4.74 Å². The van der Waals surface area contributed by atoms with Crippen molar-refractivity contribution in [1.82, 2.24) is 4.98 Å². The third-order valence-corrected chi connectivity index (χ3v) is 3.25. The molecule has 1 aromatic heterocycles. The molecule has 0 N–H and O–H groups in total. The van der Waals surface area contributed by atoms with E-state index in [0.29, 0.717) is 0 Å². The van der Waals surface area contributed by atoms with Gasteiger partial charge in [-0.2, -0.15) is 0 Å². The second-order valence-electron chi connectivity index (χ2n) is 3.73. The third kappa shape index (κ3) is 2.61. The van der Waals surface area contributed by atoms with Crippen molar-refractivity contribution in [3.63, 3.8) is 0 Å². The first kappa shape index (κ1) is 12.0. The normalized spacial score (nSPS) is 10.3. The van der Waals surface area contributed by atoms with Crippen LogP contribution in [0.2, 0.25) is 0 Å². The first-order chi connectivity index (χ1) is 8.24. The molecule has 0 fully saturated rings. The van der Waals surface area contributed by atoms with E-state index in [1.165, 1.54) is 4.90 Å². The van der Waals surface area contributed by atoms with E-state index in [4.69, 9.17) is 4.74 Å². The van der Waals surface area contributed by atoms with Gasteiger partial charge in [0, 0.05) is 16.2 Å². The number of ether oxygens (including phenoxy) is 1. The highest BCUT2D eigenvalue weighted by Crippen LogP contribution is 2.30. The number of hydrogen-bond donors (Lipinski definition) is 0. The number of hydrogen-bond acceptors (Lipinski definition) is 3. The Hall–Kier alpha value is -1.48. The summed E-state index contributed by atoms with van der Waals surface area (Å²) in [5.41, 5.74) is 3.03. The Morgan fingerprint density at radius 1 is 1.18 bits per heavy atom. The van der Waals surface area contributed by atoms with Gasteiger partial charge in [-0.05, 0) is 37.4 Å². The van der Waals surface area contributed by atoms with Crippen LogP contribution in [0.15, 0.2) is 41.3 Å². The third-order valence-electron chi connectivity index (χ3n) is 2.55. The van der Waals surface area contributed by atoms with Gasteiger partial charge in [-0.25, -0.2) is 0 Å². The fraction of sp³-hybridized carbons (Fsp3) is 0.214. The lowest BCUT2D eigenvalue weighted by Crippen LogP contribution is -1.92. The number of pyridine rings is 1. The van der Waals surface area contributed by atoms with E-state index in [1.807, 2.05) is 31.2 Å². The number of nitrogens with zero attached hydrogens (tertiary/aromatic N) is 1. The number of thioether (sulfide) groups is 1. The van der Waals surface area contributed by atoms with Crippen LogP contribution in [-0.2, 0) is 0 Å². The predicted octanol–water partition coefficient (Wildman–Crippen LogP) is 3.79. The molecule has 88 valence electrons. The van der Waals surface area contributed by atoms with Crippen LogP contribution in [0, 0.1) is 6.92 Å². The average Bonchev–Trinajstić information content (AvgIpc) is 2.37. The van der Waals surface area contributed by atoms with E-state index >= 15 is 0 Å². The largest absolute Gasteiger partial charge is 0.496 e. The molecule has 1 heterocycles. The van der Waals surface area contributed by atoms with Crippen LogP contribution in [0.25, 0.3) is 11.3 Å². The minimum atomic E-state index is 0.859. The maximum absolute atomic E-state index is 5.37. The van der Waals surface area contributed by atoms with Crippen molar-refractivity contribution >= 4 is 11.8 Å². The summed E-state index contributed by atoms with van der Waals surface area (Å²) in [5.74, 6) is 0.859. The van der Waals surface area contributed by atoms with Crippen molar-refractivity contribution in [2.75, 3.05) is 13.4 Å². The number of para-hydroxylation sites is 1. The van der Waals surface area contributed by atoms with Crippen molar-refractivity contribution in [2.24, 2.45) is 0 Å². The fourth-order valence-corrected chi connectivity index (χ4v) is 2.27. The van der Waals surface area contributed by atoms with Crippen LogP contribution >= 0.6 is 11.8 Å². The molecule has 17 heavy (non-hydrogen) atoms. The number of aromatic nitrogens is 1. The first-order valence-electron chi connectivity index (χ1n) is 5.40. The van der Waals surface area contributed by atoms with Gasteiger partial charge in [-0.15, -0.1) is 11.8 Å². The van der Waals surface area contributed by atoms with E-state index in [1.54, 1.807) is 18.9 Å². The second kappa shape index (κ2) is 5.23. The Labute approximate surface area is 106 Å². The molecule has 0 unspecified atom stereocenters. The summed E-state index contributed by atoms with van der Waals surface area (Å²) in [7, 11) is 1.68. The minimum Gasteiger partial charge on any atom is -0.496 e. The van der Waals surface area contributed by atoms with Gasteiger partial charge in [0.2, 0.25) is 0 Å². The molecular weight excluding hydrogens is 230 g/mol. The zero-order chi connectivity index (χ0) is 12.3. The zero-order valence-electron chi connectivity index (χ0n) is 10.2. The summed E-state index contributed by atoms with van der Waals surface area (Å²) < 4.78 is 5.37. The van der Waals surface area contributed by atoms with Gasteiger partial charge >= 0.3 is 0 Å². The molecule has 0 aliphatic rings. The summed E-state index contributed by atoms with van der Waals surface area (Å²) in [6.45, 7) is 2.01. The lowest BCUT2D eigenvalue weighted by atomic mass is 10.1. The molecular formula is C14H15NOS. The van der Waals surface area contributed by atoms with Crippen LogP contribution in [0.1, 0.15) is 5.69 Å². The van der Waals surface area contributed by atoms with Crippen molar-refractivity contribution in [2.45, 2.75) is 11.8 Å². The Morgan fingerprint density at radius 2 is 1.94 bits per heavy atom. The van der Waals surface area contributed by atoms with Crippen LogP contribution in [0.3, 0.4) is 0 Å². The summed E-state index contributed by atoms with van der Waals surface area (Å²) in [5, 5.41) is 0. The topological polar surface area (TPSA) is 22.1 Å². The van der Waals surface area contributed by atoms with Gasteiger partial charge in [0.1, 0.15) is 5.75 Å². The van der Waals surface area contributed by atoms with E-state index < -0.39 is 0 Å². The summed E-state index contributed by atoms with van der Waals surface area (Å²) >= 11 is 1.72. The lowest BCUT2D eigenvalue weighted by molar-refractivity contribution is 0.416. The molecule has 0 saturated carbocycles. The van der Waals surface area contributed by atoms with Crippen LogP contribution in [0.4, 0.5) is 0 Å². The van der Waals surface area contributed by atoms with E-state index in [-0.39, 0.29) is 0 Å². The average molecular weight is 245 g/mol. The van der Waals surface area contributed by atoms with Crippen molar-refractivity contribution in [1.29, 1.82) is 0 Å². The smallest absolute Gasteiger partial charge is 0.128 e. The quantitative estimate of drug-likeness (QED) is 0.768. The van der Waals surface area contributed by atoms with Crippen molar-refractivity contribution < 1.29 is 4.74 Å². The van der Waals surface area contributed by atoms with Gasteiger partial charge < -0.3 is 4.74 Å². The van der Waals surface area contributed by atoms with E-state index in [2.05, 4.69) is 23.4 Å². The fourth-order valence-electron chi connectivity index (χ4n) is 1.75. The molecule has 0 saturated heterocycles.